The summed E-state index contributed by atoms with van der Waals surface area (Å²) in [6.45, 7) is 8.34. The molecule has 0 unspecified atom stereocenters. The minimum atomic E-state index is -0.211. The van der Waals surface area contributed by atoms with Crippen molar-refractivity contribution in [2.45, 2.75) is 33.2 Å². The number of carbonyl (C=O) groups is 1. The van der Waals surface area contributed by atoms with Crippen LogP contribution in [0, 0.1) is 18.3 Å². The van der Waals surface area contributed by atoms with E-state index in [1.165, 1.54) is 0 Å². The Kier molecular flexibility index (Phi) is 4.33. The van der Waals surface area contributed by atoms with Crippen LogP contribution in [0.3, 0.4) is 0 Å². The van der Waals surface area contributed by atoms with Crippen LogP contribution in [0.2, 0.25) is 0 Å². The zero-order chi connectivity index (χ0) is 10.5. The molecule has 0 bridgehead atoms. The first kappa shape index (κ1) is 11.8. The van der Waals surface area contributed by atoms with Crippen molar-refractivity contribution in [2.75, 3.05) is 6.54 Å². The number of hydrogen-bond donors (Lipinski definition) is 2. The molecule has 0 atom stereocenters. The van der Waals surface area contributed by atoms with Gasteiger partial charge >= 0.3 is 6.03 Å². The van der Waals surface area contributed by atoms with E-state index < -0.39 is 0 Å². The molecule has 74 valence electrons. The Bertz CT molecular complexity index is 213. The fraction of sp³-hybridized carbons (Fsp3) is 0.700. The molecule has 0 saturated heterocycles. The molecule has 0 spiro atoms. The van der Waals surface area contributed by atoms with Crippen LogP contribution in [-0.2, 0) is 0 Å². The number of carbonyl (C=O) groups excluding carboxylic acids is 1. The van der Waals surface area contributed by atoms with Crippen LogP contribution in [0.5, 0.6) is 0 Å². The van der Waals surface area contributed by atoms with E-state index in [-0.39, 0.29) is 18.1 Å². The van der Waals surface area contributed by atoms with Crippen molar-refractivity contribution >= 4 is 6.03 Å². The quantitative estimate of drug-likeness (QED) is 0.636. The molecule has 0 aliphatic rings. The molecular formula is C10H18N2O. The summed E-state index contributed by atoms with van der Waals surface area (Å²) < 4.78 is 0. The minimum Gasteiger partial charge on any atom is -0.333 e. The van der Waals surface area contributed by atoms with Gasteiger partial charge in [-0.15, -0.1) is 6.42 Å². The molecule has 0 aliphatic carbocycles. The van der Waals surface area contributed by atoms with Crippen molar-refractivity contribution in [3.05, 3.63) is 0 Å². The van der Waals surface area contributed by atoms with Crippen molar-refractivity contribution in [2.24, 2.45) is 5.92 Å². The first-order valence-corrected chi connectivity index (χ1v) is 4.39. The van der Waals surface area contributed by atoms with Gasteiger partial charge in [-0.2, -0.15) is 0 Å². The zero-order valence-corrected chi connectivity index (χ0v) is 8.77. The van der Waals surface area contributed by atoms with Crippen LogP contribution in [-0.4, -0.2) is 18.1 Å². The van der Waals surface area contributed by atoms with Crippen LogP contribution in [0.15, 0.2) is 0 Å². The summed E-state index contributed by atoms with van der Waals surface area (Å²) in [5.74, 6) is 2.72. The molecule has 2 amide bonds. The molecule has 0 rings (SSSR count). The summed E-state index contributed by atoms with van der Waals surface area (Å²) >= 11 is 0. The second-order valence-electron chi connectivity index (χ2n) is 3.89. The summed E-state index contributed by atoms with van der Waals surface area (Å²) in [6, 6.07) is -0.211. The summed E-state index contributed by atoms with van der Waals surface area (Å²) in [4.78, 5) is 11.2. The van der Waals surface area contributed by atoms with E-state index in [2.05, 4.69) is 30.4 Å². The van der Waals surface area contributed by atoms with Gasteiger partial charge in [0.25, 0.3) is 0 Å². The third kappa shape index (κ3) is 4.41. The highest BCUT2D eigenvalue weighted by atomic mass is 16.2. The van der Waals surface area contributed by atoms with Crippen LogP contribution >= 0.6 is 0 Å². The molecule has 0 heterocycles. The Labute approximate surface area is 80.3 Å². The van der Waals surface area contributed by atoms with Crippen molar-refractivity contribution in [3.63, 3.8) is 0 Å². The van der Waals surface area contributed by atoms with Gasteiger partial charge < -0.3 is 10.6 Å². The second kappa shape index (κ2) is 4.76. The Hall–Kier alpha value is -1.17. The molecule has 0 aliphatic heterocycles. The lowest BCUT2D eigenvalue weighted by Crippen LogP contribution is -2.51. The Morgan fingerprint density at radius 3 is 2.46 bits per heavy atom. The van der Waals surface area contributed by atoms with Crippen molar-refractivity contribution in [1.82, 2.24) is 10.6 Å². The maximum atomic E-state index is 11.2. The molecule has 13 heavy (non-hydrogen) atoms. The predicted molar refractivity (Wildman–Crippen MR) is 54.3 cm³/mol. The topological polar surface area (TPSA) is 41.1 Å². The third-order valence-electron chi connectivity index (χ3n) is 2.23. The Balaban J connectivity index is 3.98. The Morgan fingerprint density at radius 1 is 1.54 bits per heavy atom. The molecule has 0 fully saturated rings. The molecule has 0 saturated carbocycles. The average molecular weight is 182 g/mol. The highest BCUT2D eigenvalue weighted by molar-refractivity contribution is 5.74. The van der Waals surface area contributed by atoms with Crippen molar-refractivity contribution in [1.29, 1.82) is 0 Å². The first-order chi connectivity index (χ1) is 5.90. The van der Waals surface area contributed by atoms with Gasteiger partial charge in [0.1, 0.15) is 0 Å². The normalized spacial score (nSPS) is 10.8. The lowest BCUT2D eigenvalue weighted by atomic mass is 9.91. The van der Waals surface area contributed by atoms with Crippen LogP contribution in [0.25, 0.3) is 0 Å². The predicted octanol–water partition coefficient (Wildman–Crippen LogP) is 1.35. The van der Waals surface area contributed by atoms with Gasteiger partial charge in [-0.1, -0.05) is 19.8 Å². The number of terminal acetylenes is 1. The molecule has 0 aromatic heterocycles. The highest BCUT2D eigenvalue weighted by Gasteiger charge is 2.23. The lowest BCUT2D eigenvalue weighted by molar-refractivity contribution is 0.219. The summed E-state index contributed by atoms with van der Waals surface area (Å²) in [6.07, 6.45) is 5.01. The average Bonchev–Trinajstić information content (AvgIpc) is 1.99. The zero-order valence-electron chi connectivity index (χ0n) is 8.77. The second-order valence-corrected chi connectivity index (χ2v) is 3.89. The fourth-order valence-electron chi connectivity index (χ4n) is 0.612. The van der Waals surface area contributed by atoms with E-state index in [1.54, 1.807) is 0 Å². The maximum absolute atomic E-state index is 11.2. The van der Waals surface area contributed by atoms with E-state index in [0.717, 1.165) is 0 Å². The Morgan fingerprint density at radius 2 is 2.08 bits per heavy atom. The molecule has 3 heteroatoms. The number of hydrogen-bond acceptors (Lipinski definition) is 1. The largest absolute Gasteiger partial charge is 0.333 e. The van der Waals surface area contributed by atoms with E-state index in [0.29, 0.717) is 5.92 Å². The van der Waals surface area contributed by atoms with E-state index >= 15 is 0 Å². The van der Waals surface area contributed by atoms with Gasteiger partial charge in [0.2, 0.25) is 0 Å². The van der Waals surface area contributed by atoms with Gasteiger partial charge in [-0.25, -0.2) is 4.79 Å². The summed E-state index contributed by atoms with van der Waals surface area (Å²) in [5, 5.41) is 5.40. The third-order valence-corrected chi connectivity index (χ3v) is 2.23. The van der Waals surface area contributed by atoms with Crippen molar-refractivity contribution in [3.8, 4) is 12.3 Å². The van der Waals surface area contributed by atoms with E-state index in [9.17, 15) is 4.79 Å². The van der Waals surface area contributed by atoms with Crippen molar-refractivity contribution < 1.29 is 4.79 Å². The summed E-state index contributed by atoms with van der Waals surface area (Å²) in [5.41, 5.74) is -0.210. The van der Waals surface area contributed by atoms with Crippen LogP contribution < -0.4 is 10.6 Å². The van der Waals surface area contributed by atoms with Crippen LogP contribution in [0.4, 0.5) is 4.79 Å². The van der Waals surface area contributed by atoms with E-state index in [4.69, 9.17) is 6.42 Å². The highest BCUT2D eigenvalue weighted by Crippen LogP contribution is 2.14. The lowest BCUT2D eigenvalue weighted by Gasteiger charge is -2.30. The van der Waals surface area contributed by atoms with Crippen LogP contribution in [0.1, 0.15) is 27.7 Å². The molecule has 3 nitrogen and oxygen atoms in total. The molecule has 0 aromatic carbocycles. The summed E-state index contributed by atoms with van der Waals surface area (Å²) in [7, 11) is 0. The monoisotopic (exact) mass is 182 g/mol. The van der Waals surface area contributed by atoms with Gasteiger partial charge in [0.15, 0.2) is 0 Å². The SMILES string of the molecule is C#CCNC(=O)NC(C)(C)C(C)C. The molecular weight excluding hydrogens is 164 g/mol. The number of urea groups is 1. The standard InChI is InChI=1S/C10H18N2O/c1-6-7-11-9(13)12-10(4,5)8(2)3/h1,8H,7H2,2-5H3,(H2,11,12,13). The molecule has 2 N–H and O–H groups in total. The van der Waals surface area contributed by atoms with Gasteiger partial charge in [-0.05, 0) is 19.8 Å². The first-order valence-electron chi connectivity index (χ1n) is 4.39. The van der Waals surface area contributed by atoms with E-state index in [1.807, 2.05) is 13.8 Å². The van der Waals surface area contributed by atoms with Gasteiger partial charge in [0, 0.05) is 5.54 Å². The minimum absolute atomic E-state index is 0.210. The molecule has 0 aromatic rings. The number of rotatable bonds is 3. The number of nitrogens with one attached hydrogen (secondary N) is 2. The fourth-order valence-corrected chi connectivity index (χ4v) is 0.612. The van der Waals surface area contributed by atoms with Gasteiger partial charge in [-0.3, -0.25) is 0 Å². The maximum Gasteiger partial charge on any atom is 0.315 e. The smallest absolute Gasteiger partial charge is 0.315 e. The number of amides is 2. The van der Waals surface area contributed by atoms with Gasteiger partial charge in [0.05, 0.1) is 6.54 Å². The molecule has 0 radical (unpaired) electrons.